The van der Waals surface area contributed by atoms with E-state index in [0.29, 0.717) is 10.7 Å². The number of anilines is 1. The van der Waals surface area contributed by atoms with Crippen LogP contribution in [0.25, 0.3) is 0 Å². The Bertz CT molecular complexity index is 681. The Morgan fingerprint density at radius 3 is 2.59 bits per heavy atom. The average molecular weight is 335 g/mol. The van der Waals surface area contributed by atoms with Gasteiger partial charge in [-0.25, -0.2) is 4.98 Å². The number of thiazole rings is 1. The van der Waals surface area contributed by atoms with Crippen molar-refractivity contribution in [1.29, 1.82) is 0 Å². The average Bonchev–Trinajstić information content (AvgIpc) is 2.85. The Kier molecular flexibility index (Phi) is 5.57. The number of nitrogens with two attached hydrogens (primary N) is 1. The van der Waals surface area contributed by atoms with Crippen molar-refractivity contribution in [1.82, 2.24) is 4.98 Å². The summed E-state index contributed by atoms with van der Waals surface area (Å²) in [6.07, 6.45) is 0.939. The van der Waals surface area contributed by atoms with Crippen molar-refractivity contribution in [3.63, 3.8) is 0 Å². The van der Waals surface area contributed by atoms with Gasteiger partial charge < -0.3 is 5.73 Å². The van der Waals surface area contributed by atoms with Crippen LogP contribution in [-0.4, -0.2) is 22.6 Å². The van der Waals surface area contributed by atoms with Crippen LogP contribution in [0.15, 0.2) is 28.5 Å². The van der Waals surface area contributed by atoms with Gasteiger partial charge in [-0.2, -0.15) is 0 Å². The summed E-state index contributed by atoms with van der Waals surface area (Å²) in [5.74, 6) is -0.364. The molecule has 1 aromatic carbocycles. The molecule has 0 unspecified atom stereocenters. The van der Waals surface area contributed by atoms with Gasteiger partial charge in [-0.3, -0.25) is 14.9 Å². The maximum atomic E-state index is 12.2. The van der Waals surface area contributed by atoms with Crippen molar-refractivity contribution in [2.45, 2.75) is 24.5 Å². The number of aryl methyl sites for hydroxylation is 2. The second-order valence-electron chi connectivity index (χ2n) is 4.65. The fourth-order valence-corrected chi connectivity index (χ4v) is 3.64. The van der Waals surface area contributed by atoms with Crippen LogP contribution in [0.5, 0.6) is 0 Å². The normalized spacial score (nSPS) is 10.5. The summed E-state index contributed by atoms with van der Waals surface area (Å²) in [4.78, 5) is 27.3. The molecule has 0 spiro atoms. The molecule has 3 N–H and O–H groups in total. The van der Waals surface area contributed by atoms with Crippen LogP contribution in [0, 0.1) is 6.92 Å². The number of hydrogen-bond acceptors (Lipinski definition) is 5. The van der Waals surface area contributed by atoms with E-state index < -0.39 is 0 Å². The van der Waals surface area contributed by atoms with Gasteiger partial charge in [0.05, 0.1) is 15.7 Å². The van der Waals surface area contributed by atoms with E-state index in [9.17, 15) is 9.59 Å². The van der Waals surface area contributed by atoms with Crippen molar-refractivity contribution in [3.05, 3.63) is 41.1 Å². The SMILES string of the molecule is CCc1ccc(C(=O)Nc2nc(C)c(SCC(N)=O)s2)cc1. The van der Waals surface area contributed by atoms with E-state index in [2.05, 4.69) is 17.2 Å². The number of primary amides is 1. The summed E-state index contributed by atoms with van der Waals surface area (Å²) >= 11 is 2.68. The van der Waals surface area contributed by atoms with E-state index in [1.165, 1.54) is 28.7 Å². The third-order valence-electron chi connectivity index (χ3n) is 2.94. The lowest BCUT2D eigenvalue weighted by Crippen LogP contribution is -2.12. The predicted octanol–water partition coefficient (Wildman–Crippen LogP) is 2.84. The number of hydrogen-bond donors (Lipinski definition) is 2. The van der Waals surface area contributed by atoms with Gasteiger partial charge in [0.1, 0.15) is 0 Å². The monoisotopic (exact) mass is 335 g/mol. The Hall–Kier alpha value is -1.86. The van der Waals surface area contributed by atoms with E-state index in [1.54, 1.807) is 12.1 Å². The summed E-state index contributed by atoms with van der Waals surface area (Å²) in [7, 11) is 0. The Morgan fingerprint density at radius 2 is 2.00 bits per heavy atom. The molecule has 2 amide bonds. The van der Waals surface area contributed by atoms with E-state index in [0.717, 1.165) is 16.3 Å². The van der Waals surface area contributed by atoms with Gasteiger partial charge in [0.25, 0.3) is 5.91 Å². The lowest BCUT2D eigenvalue weighted by molar-refractivity contribution is -0.115. The predicted molar refractivity (Wildman–Crippen MR) is 90.5 cm³/mol. The van der Waals surface area contributed by atoms with Crippen LogP contribution < -0.4 is 11.1 Å². The molecule has 0 fully saturated rings. The summed E-state index contributed by atoms with van der Waals surface area (Å²) in [5.41, 5.74) is 7.70. The highest BCUT2D eigenvalue weighted by molar-refractivity contribution is 8.01. The minimum atomic E-state index is -0.376. The topological polar surface area (TPSA) is 85.1 Å². The Morgan fingerprint density at radius 1 is 1.32 bits per heavy atom. The second kappa shape index (κ2) is 7.42. The number of carbonyl (C=O) groups excluding carboxylic acids is 2. The summed E-state index contributed by atoms with van der Waals surface area (Å²) in [6.45, 7) is 3.91. The highest BCUT2D eigenvalue weighted by atomic mass is 32.2. The highest BCUT2D eigenvalue weighted by Crippen LogP contribution is 2.32. The summed E-state index contributed by atoms with van der Waals surface area (Å²) in [6, 6.07) is 7.49. The van der Waals surface area contributed by atoms with Gasteiger partial charge in [0.2, 0.25) is 5.91 Å². The zero-order valence-electron chi connectivity index (χ0n) is 12.4. The quantitative estimate of drug-likeness (QED) is 0.795. The molecule has 0 aliphatic carbocycles. The standard InChI is InChI=1S/C15H17N3O2S2/c1-3-10-4-6-11(7-5-10)13(20)18-15-17-9(2)14(22-15)21-8-12(16)19/h4-7H,3,8H2,1-2H3,(H2,16,19)(H,17,18,20). The van der Waals surface area contributed by atoms with Crippen molar-refractivity contribution < 1.29 is 9.59 Å². The number of nitrogens with one attached hydrogen (secondary N) is 1. The van der Waals surface area contributed by atoms with Gasteiger partial charge in [-0.1, -0.05) is 30.4 Å². The van der Waals surface area contributed by atoms with E-state index in [4.69, 9.17) is 5.73 Å². The molecule has 0 aliphatic rings. The Labute approximate surface area is 137 Å². The molecule has 5 nitrogen and oxygen atoms in total. The zero-order valence-corrected chi connectivity index (χ0v) is 14.0. The van der Waals surface area contributed by atoms with Gasteiger partial charge in [-0.15, -0.1) is 11.8 Å². The van der Waals surface area contributed by atoms with Gasteiger partial charge >= 0.3 is 0 Å². The van der Waals surface area contributed by atoms with Crippen molar-refractivity contribution >= 4 is 40.0 Å². The van der Waals surface area contributed by atoms with Crippen molar-refractivity contribution in [3.8, 4) is 0 Å². The molecule has 0 saturated heterocycles. The molecular weight excluding hydrogens is 318 g/mol. The van der Waals surface area contributed by atoms with Crippen LogP contribution in [0.3, 0.4) is 0 Å². The smallest absolute Gasteiger partial charge is 0.257 e. The molecule has 0 aliphatic heterocycles. The molecule has 1 heterocycles. The number of aromatic nitrogens is 1. The van der Waals surface area contributed by atoms with E-state index >= 15 is 0 Å². The maximum Gasteiger partial charge on any atom is 0.257 e. The fraction of sp³-hybridized carbons (Fsp3) is 0.267. The molecule has 116 valence electrons. The van der Waals surface area contributed by atoms with Gasteiger partial charge in [0.15, 0.2) is 5.13 Å². The molecule has 2 rings (SSSR count). The van der Waals surface area contributed by atoms with Crippen LogP contribution in [-0.2, 0) is 11.2 Å². The molecule has 2 aromatic rings. The minimum absolute atomic E-state index is 0.192. The molecular formula is C15H17N3O2S2. The van der Waals surface area contributed by atoms with Crippen LogP contribution >= 0.6 is 23.1 Å². The third-order valence-corrected chi connectivity index (χ3v) is 5.40. The zero-order chi connectivity index (χ0) is 16.1. The van der Waals surface area contributed by atoms with Crippen LogP contribution in [0.2, 0.25) is 0 Å². The molecule has 0 saturated carbocycles. The van der Waals surface area contributed by atoms with Gasteiger partial charge in [-0.05, 0) is 31.0 Å². The van der Waals surface area contributed by atoms with Crippen LogP contribution in [0.1, 0.15) is 28.5 Å². The first-order valence-corrected chi connectivity index (χ1v) is 8.58. The lowest BCUT2D eigenvalue weighted by Gasteiger charge is -2.02. The minimum Gasteiger partial charge on any atom is -0.369 e. The number of nitrogens with zero attached hydrogens (tertiary/aromatic N) is 1. The Balaban J connectivity index is 2.04. The molecule has 22 heavy (non-hydrogen) atoms. The molecule has 7 heteroatoms. The molecule has 0 bridgehead atoms. The largest absolute Gasteiger partial charge is 0.369 e. The van der Waals surface area contributed by atoms with Crippen molar-refractivity contribution in [2.24, 2.45) is 5.73 Å². The summed E-state index contributed by atoms with van der Waals surface area (Å²) < 4.78 is 0.885. The number of amides is 2. The second-order valence-corrected chi connectivity index (χ2v) is 6.89. The summed E-state index contributed by atoms with van der Waals surface area (Å²) in [5, 5.41) is 3.31. The highest BCUT2D eigenvalue weighted by Gasteiger charge is 2.13. The number of rotatable bonds is 6. The maximum absolute atomic E-state index is 12.2. The first-order valence-electron chi connectivity index (χ1n) is 6.78. The molecule has 1 aromatic heterocycles. The molecule has 0 atom stereocenters. The van der Waals surface area contributed by atoms with Crippen LogP contribution in [0.4, 0.5) is 5.13 Å². The number of thioether (sulfide) groups is 1. The van der Waals surface area contributed by atoms with E-state index in [1.807, 2.05) is 19.1 Å². The first-order chi connectivity index (χ1) is 10.5. The third kappa shape index (κ3) is 4.32. The fourth-order valence-electron chi connectivity index (χ4n) is 1.77. The van der Waals surface area contributed by atoms with Gasteiger partial charge in [0, 0.05) is 5.56 Å². The lowest BCUT2D eigenvalue weighted by atomic mass is 10.1. The first kappa shape index (κ1) is 16.5. The van der Waals surface area contributed by atoms with Crippen molar-refractivity contribution in [2.75, 3.05) is 11.1 Å². The number of carbonyl (C=O) groups is 2. The number of benzene rings is 1. The van der Waals surface area contributed by atoms with E-state index in [-0.39, 0.29) is 17.6 Å². The molecule has 0 radical (unpaired) electrons.